The second-order valence-corrected chi connectivity index (χ2v) is 5.01. The molecule has 0 aromatic heterocycles. The number of rotatable bonds is 2. The van der Waals surface area contributed by atoms with E-state index in [1.807, 2.05) is 6.92 Å². The first-order valence-electron chi connectivity index (χ1n) is 5.60. The van der Waals surface area contributed by atoms with Crippen LogP contribution in [0.4, 0.5) is 15.8 Å². The molecule has 0 unspecified atom stereocenters. The highest BCUT2D eigenvalue weighted by Crippen LogP contribution is 2.24. The lowest BCUT2D eigenvalue weighted by atomic mass is 10.1. The molecule has 0 aliphatic heterocycles. The number of hydrogen-bond acceptors (Lipinski definition) is 2. The summed E-state index contributed by atoms with van der Waals surface area (Å²) in [7, 11) is 0. The summed E-state index contributed by atoms with van der Waals surface area (Å²) in [5, 5.41) is 2.65. The summed E-state index contributed by atoms with van der Waals surface area (Å²) in [5.41, 5.74) is 7.83. The van der Waals surface area contributed by atoms with Gasteiger partial charge in [0.25, 0.3) is 5.91 Å². The number of halogens is 2. The highest BCUT2D eigenvalue weighted by atomic mass is 79.9. The molecule has 1 amide bonds. The molecule has 0 saturated heterocycles. The Hall–Kier alpha value is -1.88. The molecule has 2 rings (SSSR count). The van der Waals surface area contributed by atoms with E-state index < -0.39 is 5.82 Å². The van der Waals surface area contributed by atoms with E-state index in [9.17, 15) is 9.18 Å². The Morgan fingerprint density at radius 3 is 2.74 bits per heavy atom. The van der Waals surface area contributed by atoms with Crippen molar-refractivity contribution in [1.29, 1.82) is 0 Å². The van der Waals surface area contributed by atoms with Gasteiger partial charge in [-0.2, -0.15) is 0 Å². The molecular weight excluding hydrogens is 311 g/mol. The Bertz CT molecular complexity index is 643. The number of carbonyl (C=O) groups excluding carboxylic acids is 1. The molecule has 19 heavy (non-hydrogen) atoms. The third-order valence-electron chi connectivity index (χ3n) is 2.68. The summed E-state index contributed by atoms with van der Waals surface area (Å²) in [6.45, 7) is 1.81. The van der Waals surface area contributed by atoms with Crippen molar-refractivity contribution < 1.29 is 9.18 Å². The number of nitrogens with one attached hydrogen (secondary N) is 1. The van der Waals surface area contributed by atoms with Crippen LogP contribution in [0.3, 0.4) is 0 Å². The topological polar surface area (TPSA) is 55.1 Å². The van der Waals surface area contributed by atoms with Crippen molar-refractivity contribution in [2.24, 2.45) is 0 Å². The predicted molar refractivity (Wildman–Crippen MR) is 77.6 cm³/mol. The molecule has 98 valence electrons. The summed E-state index contributed by atoms with van der Waals surface area (Å²) < 4.78 is 13.8. The van der Waals surface area contributed by atoms with E-state index >= 15 is 0 Å². The SMILES string of the molecule is Cc1ccc(N)cc1C(=O)Nc1cc(F)ccc1Br. The molecule has 0 heterocycles. The maximum absolute atomic E-state index is 13.2. The maximum atomic E-state index is 13.2. The van der Waals surface area contributed by atoms with E-state index in [0.717, 1.165) is 5.56 Å². The quantitative estimate of drug-likeness (QED) is 0.828. The number of anilines is 2. The minimum absolute atomic E-state index is 0.323. The van der Waals surface area contributed by atoms with Crippen molar-refractivity contribution in [3.05, 3.63) is 57.8 Å². The Morgan fingerprint density at radius 1 is 1.26 bits per heavy atom. The maximum Gasteiger partial charge on any atom is 0.256 e. The van der Waals surface area contributed by atoms with Gasteiger partial charge in [-0.1, -0.05) is 6.07 Å². The summed E-state index contributed by atoms with van der Waals surface area (Å²) >= 11 is 3.26. The second kappa shape index (κ2) is 5.40. The average molecular weight is 323 g/mol. The normalized spacial score (nSPS) is 10.3. The molecule has 3 N–H and O–H groups in total. The zero-order chi connectivity index (χ0) is 14.0. The van der Waals surface area contributed by atoms with E-state index in [0.29, 0.717) is 21.4 Å². The Balaban J connectivity index is 2.30. The Morgan fingerprint density at radius 2 is 2.00 bits per heavy atom. The number of carbonyl (C=O) groups is 1. The molecule has 0 spiro atoms. The van der Waals surface area contributed by atoms with Crippen LogP contribution in [0.5, 0.6) is 0 Å². The highest BCUT2D eigenvalue weighted by molar-refractivity contribution is 9.10. The lowest BCUT2D eigenvalue weighted by molar-refractivity contribution is 0.102. The number of nitrogen functional groups attached to an aromatic ring is 1. The Kier molecular flexibility index (Phi) is 3.85. The van der Waals surface area contributed by atoms with Crippen LogP contribution in [0.25, 0.3) is 0 Å². The molecule has 0 saturated carbocycles. The van der Waals surface area contributed by atoms with Gasteiger partial charge in [0.15, 0.2) is 0 Å². The summed E-state index contributed by atoms with van der Waals surface area (Å²) in [6, 6.07) is 9.19. The van der Waals surface area contributed by atoms with Gasteiger partial charge in [-0.25, -0.2) is 4.39 Å². The van der Waals surface area contributed by atoms with Gasteiger partial charge in [0, 0.05) is 15.7 Å². The molecule has 0 atom stereocenters. The van der Waals surface area contributed by atoms with Gasteiger partial charge in [0.1, 0.15) is 5.82 Å². The van der Waals surface area contributed by atoms with Gasteiger partial charge in [-0.15, -0.1) is 0 Å². The van der Waals surface area contributed by atoms with Crippen molar-refractivity contribution >= 4 is 33.2 Å². The van der Waals surface area contributed by atoms with Crippen LogP contribution in [0, 0.1) is 12.7 Å². The fourth-order valence-electron chi connectivity index (χ4n) is 1.67. The van der Waals surface area contributed by atoms with E-state index in [1.165, 1.54) is 18.2 Å². The molecule has 2 aromatic rings. The molecule has 0 fully saturated rings. The minimum atomic E-state index is -0.414. The smallest absolute Gasteiger partial charge is 0.256 e. The van der Waals surface area contributed by atoms with Crippen molar-refractivity contribution in [1.82, 2.24) is 0 Å². The number of amides is 1. The second-order valence-electron chi connectivity index (χ2n) is 4.15. The molecular formula is C14H12BrFN2O. The molecule has 0 aliphatic carbocycles. The van der Waals surface area contributed by atoms with Gasteiger partial charge in [-0.05, 0) is 58.7 Å². The number of nitrogens with two attached hydrogens (primary N) is 1. The Labute approximate surface area is 118 Å². The zero-order valence-electron chi connectivity index (χ0n) is 10.2. The van der Waals surface area contributed by atoms with Gasteiger partial charge in [0.2, 0.25) is 0 Å². The van der Waals surface area contributed by atoms with Gasteiger partial charge in [0.05, 0.1) is 5.69 Å². The van der Waals surface area contributed by atoms with Gasteiger partial charge >= 0.3 is 0 Å². The molecule has 5 heteroatoms. The van der Waals surface area contributed by atoms with Gasteiger partial charge < -0.3 is 11.1 Å². The van der Waals surface area contributed by atoms with E-state index in [1.54, 1.807) is 18.2 Å². The third-order valence-corrected chi connectivity index (χ3v) is 3.37. The third kappa shape index (κ3) is 3.12. The lowest BCUT2D eigenvalue weighted by Crippen LogP contribution is -2.14. The molecule has 0 bridgehead atoms. The summed E-state index contributed by atoms with van der Waals surface area (Å²) in [4.78, 5) is 12.1. The fraction of sp³-hybridized carbons (Fsp3) is 0.0714. The highest BCUT2D eigenvalue weighted by Gasteiger charge is 2.11. The van der Waals surface area contributed by atoms with Crippen molar-refractivity contribution in [3.63, 3.8) is 0 Å². The first kappa shape index (κ1) is 13.5. The van der Waals surface area contributed by atoms with E-state index in [4.69, 9.17) is 5.73 Å². The number of aryl methyl sites for hydroxylation is 1. The summed E-state index contributed by atoms with van der Waals surface area (Å²) in [5.74, 6) is -0.737. The molecule has 2 aromatic carbocycles. The monoisotopic (exact) mass is 322 g/mol. The van der Waals surface area contributed by atoms with E-state index in [-0.39, 0.29) is 5.91 Å². The first-order valence-corrected chi connectivity index (χ1v) is 6.39. The van der Waals surface area contributed by atoms with Crippen LogP contribution < -0.4 is 11.1 Å². The van der Waals surface area contributed by atoms with Crippen LogP contribution in [-0.4, -0.2) is 5.91 Å². The minimum Gasteiger partial charge on any atom is -0.399 e. The summed E-state index contributed by atoms with van der Waals surface area (Å²) in [6.07, 6.45) is 0. The van der Waals surface area contributed by atoms with Crippen LogP contribution in [0.15, 0.2) is 40.9 Å². The van der Waals surface area contributed by atoms with Crippen LogP contribution in [0.2, 0.25) is 0 Å². The van der Waals surface area contributed by atoms with Crippen molar-refractivity contribution in [3.8, 4) is 0 Å². The fourth-order valence-corrected chi connectivity index (χ4v) is 2.01. The van der Waals surface area contributed by atoms with Crippen molar-refractivity contribution in [2.45, 2.75) is 6.92 Å². The zero-order valence-corrected chi connectivity index (χ0v) is 11.8. The van der Waals surface area contributed by atoms with Gasteiger partial charge in [-0.3, -0.25) is 4.79 Å². The molecule has 3 nitrogen and oxygen atoms in total. The van der Waals surface area contributed by atoms with Crippen LogP contribution in [-0.2, 0) is 0 Å². The first-order chi connectivity index (χ1) is 8.97. The predicted octanol–water partition coefficient (Wildman–Crippen LogP) is 3.73. The average Bonchev–Trinajstić information content (AvgIpc) is 2.36. The number of benzene rings is 2. The lowest BCUT2D eigenvalue weighted by Gasteiger charge is -2.10. The largest absolute Gasteiger partial charge is 0.399 e. The van der Waals surface area contributed by atoms with Crippen molar-refractivity contribution in [2.75, 3.05) is 11.1 Å². The van der Waals surface area contributed by atoms with E-state index in [2.05, 4.69) is 21.2 Å². The standard InChI is InChI=1S/C14H12BrFN2O/c1-8-2-4-10(17)7-11(8)14(19)18-13-6-9(16)3-5-12(13)15/h2-7H,17H2,1H3,(H,18,19). The van der Waals surface area contributed by atoms with Crippen LogP contribution in [0.1, 0.15) is 15.9 Å². The number of hydrogen-bond donors (Lipinski definition) is 2. The molecule has 0 aliphatic rings. The molecule has 0 radical (unpaired) electrons. The van der Waals surface area contributed by atoms with Crippen LogP contribution >= 0.6 is 15.9 Å².